The van der Waals surface area contributed by atoms with E-state index in [1.807, 2.05) is 24.3 Å². The molecule has 2 nitrogen and oxygen atoms in total. The van der Waals surface area contributed by atoms with Gasteiger partial charge >= 0.3 is 0 Å². The Bertz CT molecular complexity index is 1050. The van der Waals surface area contributed by atoms with Crippen molar-refractivity contribution < 1.29 is 33.7 Å². The van der Waals surface area contributed by atoms with Gasteiger partial charge in [-0.05, 0) is 36.9 Å². The lowest BCUT2D eigenvalue weighted by atomic mass is 9.81. The van der Waals surface area contributed by atoms with Crippen LogP contribution >= 0.6 is 0 Å². The normalized spacial score (nSPS) is 15.3. The van der Waals surface area contributed by atoms with Gasteiger partial charge in [-0.25, -0.2) is 0 Å². The van der Waals surface area contributed by atoms with Crippen molar-refractivity contribution in [2.24, 2.45) is 0 Å². The molecule has 0 amide bonds. The topological polar surface area (TPSA) is 23.2 Å². The van der Waals surface area contributed by atoms with Crippen LogP contribution in [0.15, 0.2) is 66.7 Å². The molecule has 0 saturated carbocycles. The molecule has 3 heteroatoms. The van der Waals surface area contributed by atoms with E-state index in [9.17, 15) is 5.11 Å². The minimum atomic E-state index is -0.0332. The highest BCUT2D eigenvalue weighted by atomic mass is 127. The van der Waals surface area contributed by atoms with Crippen molar-refractivity contribution in [3.63, 3.8) is 0 Å². The largest absolute Gasteiger partial charge is 1.00 e. The molecular weight excluding hydrogens is 433 g/mol. The first kappa shape index (κ1) is 18.6. The van der Waals surface area contributed by atoms with E-state index in [1.165, 1.54) is 17.0 Å². The van der Waals surface area contributed by atoms with Crippen LogP contribution in [-0.2, 0) is 5.41 Å². The van der Waals surface area contributed by atoms with Crippen molar-refractivity contribution in [3.05, 3.63) is 77.9 Å². The van der Waals surface area contributed by atoms with E-state index in [4.69, 9.17) is 0 Å². The average molecular weight is 455 g/mol. The van der Waals surface area contributed by atoms with E-state index in [-0.39, 0.29) is 29.4 Å². The Morgan fingerprint density at radius 1 is 0.846 bits per heavy atom. The molecule has 26 heavy (non-hydrogen) atoms. The Balaban J connectivity index is 0.00000196. The fraction of sp³-hybridized carbons (Fsp3) is 0.174. The monoisotopic (exact) mass is 455 g/mol. The van der Waals surface area contributed by atoms with Crippen LogP contribution in [0.3, 0.4) is 0 Å². The van der Waals surface area contributed by atoms with Gasteiger partial charge in [-0.1, -0.05) is 48.5 Å². The maximum atomic E-state index is 10.1. The Morgan fingerprint density at radius 2 is 1.50 bits per heavy atom. The average Bonchev–Trinajstić information content (AvgIpc) is 2.82. The second-order valence-corrected chi connectivity index (χ2v) is 7.14. The maximum absolute atomic E-state index is 10.1. The van der Waals surface area contributed by atoms with E-state index in [1.54, 1.807) is 6.07 Å². The number of halogens is 1. The molecule has 3 aromatic carbocycles. The van der Waals surface area contributed by atoms with Gasteiger partial charge in [0.15, 0.2) is 5.71 Å². The first-order chi connectivity index (χ1) is 12.0. The molecular formula is C23H22INO. The second-order valence-electron chi connectivity index (χ2n) is 7.14. The van der Waals surface area contributed by atoms with Crippen molar-refractivity contribution in [2.75, 3.05) is 7.05 Å². The van der Waals surface area contributed by atoms with Gasteiger partial charge in [-0.15, -0.1) is 0 Å². The van der Waals surface area contributed by atoms with Gasteiger partial charge in [0, 0.05) is 23.1 Å². The van der Waals surface area contributed by atoms with E-state index < -0.39 is 0 Å². The SMILES string of the molecule is C[N+]1=C(/C=C\c2ccc(O)c3ccccc23)C(C)(C)c2ccccc21.[I-]. The van der Waals surface area contributed by atoms with Crippen LogP contribution in [-0.4, -0.2) is 22.4 Å². The van der Waals surface area contributed by atoms with Crippen molar-refractivity contribution in [1.29, 1.82) is 0 Å². The first-order valence-electron chi connectivity index (χ1n) is 8.59. The van der Waals surface area contributed by atoms with Gasteiger partial charge < -0.3 is 29.1 Å². The molecule has 1 aliphatic rings. The number of phenols is 1. The zero-order valence-corrected chi connectivity index (χ0v) is 17.4. The molecule has 132 valence electrons. The third-order valence-electron chi connectivity index (χ3n) is 5.30. The van der Waals surface area contributed by atoms with Crippen LogP contribution in [0.4, 0.5) is 5.69 Å². The van der Waals surface area contributed by atoms with Crippen LogP contribution in [0.1, 0.15) is 25.0 Å². The van der Waals surface area contributed by atoms with Crippen molar-refractivity contribution in [3.8, 4) is 5.75 Å². The quantitative estimate of drug-likeness (QED) is 0.465. The van der Waals surface area contributed by atoms with Crippen LogP contribution in [0.5, 0.6) is 5.75 Å². The van der Waals surface area contributed by atoms with Gasteiger partial charge in [0.25, 0.3) is 0 Å². The Hall–Kier alpha value is -2.14. The van der Waals surface area contributed by atoms with Gasteiger partial charge in [-0.3, -0.25) is 0 Å². The smallest absolute Gasteiger partial charge is 0.209 e. The molecule has 0 unspecified atom stereocenters. The molecule has 3 aromatic rings. The zero-order chi connectivity index (χ0) is 17.6. The third kappa shape index (κ3) is 2.84. The minimum absolute atomic E-state index is 0. The highest BCUT2D eigenvalue weighted by molar-refractivity contribution is 6.06. The van der Waals surface area contributed by atoms with Gasteiger partial charge in [0.05, 0.1) is 5.41 Å². The molecule has 0 atom stereocenters. The summed E-state index contributed by atoms with van der Waals surface area (Å²) >= 11 is 0. The molecule has 0 aromatic heterocycles. The molecule has 1 heterocycles. The van der Waals surface area contributed by atoms with Gasteiger partial charge in [0.1, 0.15) is 12.8 Å². The van der Waals surface area contributed by atoms with Crippen LogP contribution < -0.4 is 24.0 Å². The molecule has 1 N–H and O–H groups in total. The molecule has 4 rings (SSSR count). The zero-order valence-electron chi connectivity index (χ0n) is 15.2. The fourth-order valence-electron chi connectivity index (χ4n) is 3.92. The number of nitrogens with zero attached hydrogens (tertiary/aromatic N) is 1. The molecule has 0 aliphatic carbocycles. The summed E-state index contributed by atoms with van der Waals surface area (Å²) in [6, 6.07) is 20.3. The number of fused-ring (bicyclic) bond motifs is 2. The molecule has 0 fully saturated rings. The molecule has 1 aliphatic heterocycles. The van der Waals surface area contributed by atoms with E-state index >= 15 is 0 Å². The second kappa shape index (κ2) is 6.88. The predicted molar refractivity (Wildman–Crippen MR) is 105 cm³/mol. The summed E-state index contributed by atoms with van der Waals surface area (Å²) < 4.78 is 2.27. The van der Waals surface area contributed by atoms with E-state index in [0.29, 0.717) is 5.75 Å². The number of para-hydroxylation sites is 1. The van der Waals surface area contributed by atoms with Crippen molar-refractivity contribution in [1.82, 2.24) is 0 Å². The van der Waals surface area contributed by atoms with Crippen LogP contribution in [0.25, 0.3) is 16.8 Å². The number of aromatic hydroxyl groups is 1. The van der Waals surface area contributed by atoms with Crippen LogP contribution in [0, 0.1) is 0 Å². The molecule has 0 saturated heterocycles. The number of hydrogen-bond donors (Lipinski definition) is 1. The minimum Gasteiger partial charge on any atom is -1.00 e. The van der Waals surface area contributed by atoms with Gasteiger partial charge in [-0.2, -0.15) is 4.58 Å². The van der Waals surface area contributed by atoms with Crippen molar-refractivity contribution >= 4 is 28.2 Å². The lowest BCUT2D eigenvalue weighted by Gasteiger charge is -2.15. The molecule has 0 bridgehead atoms. The first-order valence-corrected chi connectivity index (χ1v) is 8.59. The number of benzene rings is 3. The Morgan fingerprint density at radius 3 is 2.23 bits per heavy atom. The Kier molecular flexibility index (Phi) is 4.93. The summed E-state index contributed by atoms with van der Waals surface area (Å²) in [6.45, 7) is 4.54. The highest BCUT2D eigenvalue weighted by Crippen LogP contribution is 2.39. The summed E-state index contributed by atoms with van der Waals surface area (Å²) in [4.78, 5) is 0. The van der Waals surface area contributed by atoms with Gasteiger partial charge in [0.2, 0.25) is 5.69 Å². The number of phenolic OH excluding ortho intramolecular Hbond substituents is 1. The molecule has 0 spiro atoms. The van der Waals surface area contributed by atoms with Crippen molar-refractivity contribution in [2.45, 2.75) is 19.3 Å². The summed E-state index contributed by atoms with van der Waals surface area (Å²) in [7, 11) is 2.13. The fourth-order valence-corrected chi connectivity index (χ4v) is 3.92. The Labute approximate surface area is 171 Å². The number of allylic oxidation sites excluding steroid dienone is 1. The predicted octanol–water partition coefficient (Wildman–Crippen LogP) is 2.27. The number of hydrogen-bond acceptors (Lipinski definition) is 1. The van der Waals surface area contributed by atoms with E-state index in [2.05, 4.69) is 68.0 Å². The maximum Gasteiger partial charge on any atom is 0.209 e. The number of rotatable bonds is 2. The standard InChI is InChI=1S/C23H21NO.HI/c1-23(2)19-10-6-7-11-20(19)24(3)22(23)15-13-16-12-14-21(25)18-9-5-4-8-17(16)18;/h4-15H,1-3H3;1H. The summed E-state index contributed by atoms with van der Waals surface area (Å²) in [5.41, 5.74) is 4.97. The lowest BCUT2D eigenvalue weighted by Crippen LogP contribution is -3.00. The highest BCUT2D eigenvalue weighted by Gasteiger charge is 2.42. The summed E-state index contributed by atoms with van der Waals surface area (Å²) in [6.07, 6.45) is 4.36. The van der Waals surface area contributed by atoms with E-state index in [0.717, 1.165) is 16.3 Å². The summed E-state index contributed by atoms with van der Waals surface area (Å²) in [5, 5.41) is 12.0. The molecule has 0 radical (unpaired) electrons. The summed E-state index contributed by atoms with van der Waals surface area (Å²) in [5.74, 6) is 0.325. The van der Waals surface area contributed by atoms with Crippen LogP contribution in [0.2, 0.25) is 0 Å². The third-order valence-corrected chi connectivity index (χ3v) is 5.30. The lowest BCUT2D eigenvalue weighted by molar-refractivity contribution is -0.401.